The van der Waals surface area contributed by atoms with Crippen molar-refractivity contribution in [3.8, 4) is 0 Å². The molecule has 0 unspecified atom stereocenters. The number of carboxylic acid groups (broad SMARTS) is 4. The van der Waals surface area contributed by atoms with Gasteiger partial charge < -0.3 is 29.9 Å². The van der Waals surface area contributed by atoms with E-state index in [9.17, 15) is 49.2 Å². The Morgan fingerprint density at radius 1 is 0.500 bits per heavy atom. The Morgan fingerprint density at radius 3 is 1.48 bits per heavy atom. The van der Waals surface area contributed by atoms with Gasteiger partial charge in [-0.3, -0.25) is 9.59 Å². The Bertz CT molecular complexity index is 1900. The second-order valence-corrected chi connectivity index (χ2v) is 12.1. The molecule has 0 heterocycles. The lowest BCUT2D eigenvalue weighted by Gasteiger charge is -2.28. The Kier molecular flexibility index (Phi) is 13.4. The Morgan fingerprint density at radius 2 is 0.962 bits per heavy atom. The Balaban J connectivity index is 1.44. The maximum Gasteiger partial charge on any atom is 0.339 e. The first kappa shape index (κ1) is 38.5. The van der Waals surface area contributed by atoms with E-state index in [0.717, 1.165) is 17.7 Å². The summed E-state index contributed by atoms with van der Waals surface area (Å²) in [7, 11) is 0. The van der Waals surface area contributed by atoms with Crippen molar-refractivity contribution in [2.24, 2.45) is 0 Å². The molecular formula is C40H38O12. The standard InChI is InChI=1S/C40H38O12/c41-34(42)29-20-12-19-28(32(29)36(45)51-24-26-14-6-4-7-15-26)18-10-2-1-3-11-23-40(38(47)48,39(49)50)31-22-13-21-30(35(43)44)33(31)37(46)52-25-27-16-8-5-9-17-27/h4-9,12-17,19-22H,1-3,10-11,18,23-25H2,(H,41,42)(H,43,44)(H,47,48)(H,49,50). The predicted octanol–water partition coefficient (Wildman–Crippen LogP) is 6.79. The highest BCUT2D eigenvalue weighted by atomic mass is 16.5. The van der Waals surface area contributed by atoms with Crippen LogP contribution in [0.4, 0.5) is 0 Å². The fourth-order valence-electron chi connectivity index (χ4n) is 6.03. The number of hydrogen-bond acceptors (Lipinski definition) is 8. The first-order valence-corrected chi connectivity index (χ1v) is 16.6. The largest absolute Gasteiger partial charge is 0.480 e. The molecule has 0 saturated heterocycles. The van der Waals surface area contributed by atoms with Crippen molar-refractivity contribution in [1.82, 2.24) is 0 Å². The van der Waals surface area contributed by atoms with Crippen LogP contribution < -0.4 is 0 Å². The smallest absolute Gasteiger partial charge is 0.339 e. The Labute approximate surface area is 299 Å². The molecule has 4 rings (SSSR count). The van der Waals surface area contributed by atoms with Crippen LogP contribution in [-0.2, 0) is 44.1 Å². The molecule has 0 aliphatic carbocycles. The second kappa shape index (κ2) is 18.1. The maximum atomic E-state index is 13.3. The number of benzene rings is 4. The quantitative estimate of drug-likeness (QED) is 0.0452. The molecule has 0 spiro atoms. The molecule has 4 aromatic rings. The number of aliphatic carboxylic acids is 2. The van der Waals surface area contributed by atoms with Crippen LogP contribution in [0.15, 0.2) is 97.1 Å². The number of rotatable bonds is 19. The SMILES string of the molecule is O=C(O)c1cccc(CCCCCCCC(C(=O)O)(C(=O)O)c2cccc(C(=O)O)c2C(=O)OCc2ccccc2)c1C(=O)OCc1ccccc1. The number of aryl methyl sites for hydroxylation is 1. The molecule has 270 valence electrons. The summed E-state index contributed by atoms with van der Waals surface area (Å²) in [6, 6.07) is 25.4. The van der Waals surface area contributed by atoms with Gasteiger partial charge in [0, 0.05) is 0 Å². The summed E-state index contributed by atoms with van der Waals surface area (Å²) in [5.74, 6) is -8.27. The second-order valence-electron chi connectivity index (χ2n) is 12.1. The number of carbonyl (C=O) groups excluding carboxylic acids is 2. The van der Waals surface area contributed by atoms with Gasteiger partial charge in [-0.15, -0.1) is 0 Å². The average Bonchev–Trinajstić information content (AvgIpc) is 3.14. The minimum Gasteiger partial charge on any atom is -0.480 e. The third-order valence-corrected chi connectivity index (χ3v) is 8.70. The molecule has 12 heteroatoms. The van der Waals surface area contributed by atoms with E-state index < -0.39 is 64.3 Å². The van der Waals surface area contributed by atoms with Crippen molar-refractivity contribution in [3.63, 3.8) is 0 Å². The predicted molar refractivity (Wildman–Crippen MR) is 186 cm³/mol. The maximum absolute atomic E-state index is 13.3. The van der Waals surface area contributed by atoms with Gasteiger partial charge in [-0.2, -0.15) is 0 Å². The van der Waals surface area contributed by atoms with Crippen LogP contribution in [-0.4, -0.2) is 56.2 Å². The van der Waals surface area contributed by atoms with Crippen LogP contribution in [0, 0.1) is 0 Å². The molecule has 4 N–H and O–H groups in total. The van der Waals surface area contributed by atoms with Crippen LogP contribution >= 0.6 is 0 Å². The van der Waals surface area contributed by atoms with Crippen molar-refractivity contribution in [1.29, 1.82) is 0 Å². The molecule has 4 aromatic carbocycles. The number of unbranched alkanes of at least 4 members (excludes halogenated alkanes) is 4. The van der Waals surface area contributed by atoms with Crippen molar-refractivity contribution in [3.05, 3.63) is 142 Å². The highest BCUT2D eigenvalue weighted by molar-refractivity contribution is 6.11. The van der Waals surface area contributed by atoms with Crippen molar-refractivity contribution in [2.75, 3.05) is 0 Å². The lowest BCUT2D eigenvalue weighted by Crippen LogP contribution is -2.45. The number of hydrogen-bond donors (Lipinski definition) is 4. The van der Waals surface area contributed by atoms with Gasteiger partial charge in [-0.05, 0) is 53.6 Å². The molecule has 52 heavy (non-hydrogen) atoms. The molecule has 12 nitrogen and oxygen atoms in total. The topological polar surface area (TPSA) is 202 Å². The molecule has 0 aromatic heterocycles. The fourth-order valence-corrected chi connectivity index (χ4v) is 6.03. The molecule has 0 aliphatic rings. The average molecular weight is 711 g/mol. The number of ether oxygens (including phenoxy) is 2. The van der Waals surface area contributed by atoms with Crippen LogP contribution in [0.1, 0.15) is 102 Å². The summed E-state index contributed by atoms with van der Waals surface area (Å²) in [5, 5.41) is 40.3. The Hall–Kier alpha value is -6.30. The first-order chi connectivity index (χ1) is 25.0. The van der Waals surface area contributed by atoms with Gasteiger partial charge in [0.05, 0.1) is 22.3 Å². The third-order valence-electron chi connectivity index (χ3n) is 8.70. The van der Waals surface area contributed by atoms with Gasteiger partial charge in [-0.25, -0.2) is 19.2 Å². The normalized spacial score (nSPS) is 11.0. The van der Waals surface area contributed by atoms with Gasteiger partial charge in [0.1, 0.15) is 13.2 Å². The molecule has 0 amide bonds. The highest BCUT2D eigenvalue weighted by Gasteiger charge is 2.50. The zero-order chi connectivity index (χ0) is 37.7. The summed E-state index contributed by atoms with van der Waals surface area (Å²) in [6.45, 7) is -0.282. The minimum absolute atomic E-state index is 0.0275. The summed E-state index contributed by atoms with van der Waals surface area (Å²) < 4.78 is 10.8. The van der Waals surface area contributed by atoms with Crippen molar-refractivity contribution < 1.29 is 58.7 Å². The summed E-state index contributed by atoms with van der Waals surface area (Å²) in [5.41, 5.74) is -2.75. The lowest BCUT2D eigenvalue weighted by atomic mass is 9.73. The van der Waals surface area contributed by atoms with Gasteiger partial charge in [-0.1, -0.05) is 111 Å². The summed E-state index contributed by atoms with van der Waals surface area (Å²) in [6.07, 6.45) is 2.02. The molecule has 0 saturated carbocycles. The molecular weight excluding hydrogens is 672 g/mol. The van der Waals surface area contributed by atoms with Crippen LogP contribution in [0.3, 0.4) is 0 Å². The minimum atomic E-state index is -2.65. The first-order valence-electron chi connectivity index (χ1n) is 16.6. The third kappa shape index (κ3) is 9.27. The van der Waals surface area contributed by atoms with Gasteiger partial charge in [0.25, 0.3) is 0 Å². The monoisotopic (exact) mass is 710 g/mol. The fraction of sp³-hybridized carbons (Fsp3) is 0.250. The number of aromatic carboxylic acids is 2. The number of carbonyl (C=O) groups is 6. The molecule has 0 radical (unpaired) electrons. The van der Waals surface area contributed by atoms with E-state index in [1.54, 1.807) is 66.7 Å². The van der Waals surface area contributed by atoms with E-state index in [2.05, 4.69) is 0 Å². The van der Waals surface area contributed by atoms with Gasteiger partial charge in [0.2, 0.25) is 0 Å². The molecule has 0 bridgehead atoms. The highest BCUT2D eigenvalue weighted by Crippen LogP contribution is 2.36. The van der Waals surface area contributed by atoms with Gasteiger partial charge >= 0.3 is 35.8 Å². The summed E-state index contributed by atoms with van der Waals surface area (Å²) >= 11 is 0. The van der Waals surface area contributed by atoms with E-state index in [0.29, 0.717) is 43.2 Å². The van der Waals surface area contributed by atoms with Crippen molar-refractivity contribution in [2.45, 2.75) is 63.6 Å². The summed E-state index contributed by atoms with van der Waals surface area (Å²) in [4.78, 5) is 75.9. The van der Waals surface area contributed by atoms with Crippen LogP contribution in [0.5, 0.6) is 0 Å². The van der Waals surface area contributed by atoms with Crippen LogP contribution in [0.25, 0.3) is 0 Å². The van der Waals surface area contributed by atoms with E-state index in [-0.39, 0.29) is 30.8 Å². The van der Waals surface area contributed by atoms with Gasteiger partial charge in [0.15, 0.2) is 5.41 Å². The lowest BCUT2D eigenvalue weighted by molar-refractivity contribution is -0.158. The van der Waals surface area contributed by atoms with E-state index in [1.807, 2.05) is 6.07 Å². The number of carboxylic acids is 4. The molecule has 0 atom stereocenters. The van der Waals surface area contributed by atoms with E-state index in [1.165, 1.54) is 12.1 Å². The molecule has 0 aliphatic heterocycles. The van der Waals surface area contributed by atoms with E-state index in [4.69, 9.17) is 9.47 Å². The van der Waals surface area contributed by atoms with E-state index >= 15 is 0 Å². The molecule has 0 fully saturated rings. The van der Waals surface area contributed by atoms with Crippen molar-refractivity contribution >= 4 is 35.8 Å². The number of esters is 2. The zero-order valence-electron chi connectivity index (χ0n) is 28.2. The van der Waals surface area contributed by atoms with Crippen LogP contribution in [0.2, 0.25) is 0 Å². The zero-order valence-corrected chi connectivity index (χ0v) is 28.2.